The lowest BCUT2D eigenvalue weighted by molar-refractivity contribution is -0.153. The zero-order chi connectivity index (χ0) is 24.2. The number of benzene rings is 2. The van der Waals surface area contributed by atoms with E-state index >= 15 is 0 Å². The Morgan fingerprint density at radius 1 is 0.909 bits per heavy atom. The number of hydrogen-bond acceptors (Lipinski definition) is 5. The summed E-state index contributed by atoms with van der Waals surface area (Å²) >= 11 is 0. The molecule has 33 heavy (non-hydrogen) atoms. The summed E-state index contributed by atoms with van der Waals surface area (Å²) < 4.78 is 50.9. The van der Waals surface area contributed by atoms with Crippen LogP contribution in [0.1, 0.15) is 11.1 Å². The van der Waals surface area contributed by atoms with Gasteiger partial charge in [0.1, 0.15) is 5.82 Å². The smallest absolute Gasteiger partial charge is 0.380 e. The molecule has 1 heterocycles. The summed E-state index contributed by atoms with van der Waals surface area (Å²) in [7, 11) is 0. The van der Waals surface area contributed by atoms with Gasteiger partial charge in [-0.25, -0.2) is 4.39 Å². The molecule has 0 bridgehead atoms. The van der Waals surface area contributed by atoms with Crippen molar-refractivity contribution in [2.45, 2.75) is 24.9 Å². The maximum atomic E-state index is 13.1. The number of carbonyl (C=O) groups is 2. The van der Waals surface area contributed by atoms with Crippen LogP contribution in [0.15, 0.2) is 48.5 Å². The molecule has 1 aliphatic rings. The zero-order valence-electron chi connectivity index (χ0n) is 17.4. The molecule has 0 aliphatic carbocycles. The first kappa shape index (κ1) is 24.5. The third-order valence-corrected chi connectivity index (χ3v) is 5.35. The molecule has 0 radical (unpaired) electrons. The van der Waals surface area contributed by atoms with Crippen LogP contribution in [0.4, 0.5) is 23.2 Å². The van der Waals surface area contributed by atoms with Gasteiger partial charge in [0.15, 0.2) is 12.2 Å². The molecule has 0 aromatic heterocycles. The van der Waals surface area contributed by atoms with Crippen LogP contribution < -0.4 is 10.2 Å². The molecule has 2 aromatic carbocycles. The van der Waals surface area contributed by atoms with Crippen LogP contribution in [0.3, 0.4) is 0 Å². The van der Waals surface area contributed by atoms with E-state index in [1.54, 1.807) is 12.1 Å². The van der Waals surface area contributed by atoms with Crippen LogP contribution in [0.25, 0.3) is 0 Å². The number of carbonyl (C=O) groups excluding carboxylic acids is 2. The van der Waals surface area contributed by atoms with E-state index in [2.05, 4.69) is 5.32 Å². The number of aliphatic hydroxyl groups excluding tert-OH is 2. The summed E-state index contributed by atoms with van der Waals surface area (Å²) in [5, 5.41) is 22.5. The minimum absolute atomic E-state index is 0.189. The Morgan fingerprint density at radius 3 is 2.03 bits per heavy atom. The first-order valence-corrected chi connectivity index (χ1v) is 10.2. The van der Waals surface area contributed by atoms with Crippen LogP contribution in [-0.2, 0) is 22.3 Å². The van der Waals surface area contributed by atoms with Gasteiger partial charge in [0, 0.05) is 38.4 Å². The van der Waals surface area contributed by atoms with Crippen molar-refractivity contribution in [3.8, 4) is 0 Å². The molecule has 1 saturated heterocycles. The molecule has 3 N–H and O–H groups in total. The fourth-order valence-electron chi connectivity index (χ4n) is 3.41. The molecule has 0 spiro atoms. The highest BCUT2D eigenvalue weighted by Crippen LogP contribution is 2.29. The lowest BCUT2D eigenvalue weighted by atomic mass is 10.1. The van der Waals surface area contributed by atoms with Crippen molar-refractivity contribution in [2.24, 2.45) is 0 Å². The van der Waals surface area contributed by atoms with E-state index in [1.165, 1.54) is 29.2 Å². The first-order chi connectivity index (χ1) is 15.6. The molecule has 2 unspecified atom stereocenters. The number of nitrogens with one attached hydrogen (secondary N) is 1. The second-order valence-electron chi connectivity index (χ2n) is 7.59. The third kappa shape index (κ3) is 6.20. The van der Waals surface area contributed by atoms with E-state index in [0.29, 0.717) is 18.7 Å². The SMILES string of the molecule is O=C(NCc1ccc(C(F)(F)F)cc1)C(O)C(O)C(=O)N1CCN(c2ccc(F)cc2)CC1. The number of anilines is 1. The van der Waals surface area contributed by atoms with Gasteiger partial charge in [-0.1, -0.05) is 12.1 Å². The molecule has 2 aromatic rings. The van der Waals surface area contributed by atoms with Gasteiger partial charge < -0.3 is 25.3 Å². The summed E-state index contributed by atoms with van der Waals surface area (Å²) in [5.74, 6) is -2.20. The van der Waals surface area contributed by atoms with Gasteiger partial charge in [-0.3, -0.25) is 9.59 Å². The lowest BCUT2D eigenvalue weighted by Crippen LogP contribution is -2.55. The summed E-state index contributed by atoms with van der Waals surface area (Å²) in [6.07, 6.45) is -8.51. The lowest BCUT2D eigenvalue weighted by Gasteiger charge is -2.37. The molecular formula is C22H23F4N3O4. The average molecular weight is 469 g/mol. The van der Waals surface area contributed by atoms with Crippen LogP contribution in [0.5, 0.6) is 0 Å². The van der Waals surface area contributed by atoms with Gasteiger partial charge in [-0.05, 0) is 42.0 Å². The fourth-order valence-corrected chi connectivity index (χ4v) is 3.41. The van der Waals surface area contributed by atoms with E-state index in [-0.39, 0.29) is 25.5 Å². The summed E-state index contributed by atoms with van der Waals surface area (Å²) in [4.78, 5) is 27.9. The van der Waals surface area contributed by atoms with Crippen molar-refractivity contribution in [2.75, 3.05) is 31.1 Å². The Balaban J connectivity index is 1.48. The van der Waals surface area contributed by atoms with Gasteiger partial charge in [0.05, 0.1) is 5.56 Å². The number of halogens is 4. The minimum atomic E-state index is -4.48. The van der Waals surface area contributed by atoms with Gasteiger partial charge >= 0.3 is 6.18 Å². The highest BCUT2D eigenvalue weighted by molar-refractivity contribution is 5.90. The predicted molar refractivity (Wildman–Crippen MR) is 110 cm³/mol. The van der Waals surface area contributed by atoms with E-state index < -0.39 is 35.8 Å². The van der Waals surface area contributed by atoms with Gasteiger partial charge in [-0.15, -0.1) is 0 Å². The average Bonchev–Trinajstić information content (AvgIpc) is 2.81. The number of piperazine rings is 1. The van der Waals surface area contributed by atoms with E-state index in [1.807, 2.05) is 4.90 Å². The number of alkyl halides is 3. The summed E-state index contributed by atoms with van der Waals surface area (Å²) in [5.41, 5.74) is 0.297. The Kier molecular flexibility index (Phi) is 7.54. The number of hydrogen-bond donors (Lipinski definition) is 3. The molecule has 2 atom stereocenters. The minimum Gasteiger partial charge on any atom is -0.380 e. The number of aliphatic hydroxyl groups is 2. The third-order valence-electron chi connectivity index (χ3n) is 5.35. The Hall–Kier alpha value is -3.18. The number of amides is 2. The monoisotopic (exact) mass is 469 g/mol. The van der Waals surface area contributed by atoms with Crippen LogP contribution >= 0.6 is 0 Å². The second-order valence-corrected chi connectivity index (χ2v) is 7.59. The van der Waals surface area contributed by atoms with Gasteiger partial charge in [0.25, 0.3) is 11.8 Å². The number of nitrogens with zero attached hydrogens (tertiary/aromatic N) is 2. The van der Waals surface area contributed by atoms with Crippen molar-refractivity contribution in [3.63, 3.8) is 0 Å². The van der Waals surface area contributed by atoms with E-state index in [4.69, 9.17) is 0 Å². The van der Waals surface area contributed by atoms with Crippen molar-refractivity contribution in [1.29, 1.82) is 0 Å². The van der Waals surface area contributed by atoms with Crippen LogP contribution in [0, 0.1) is 5.82 Å². The molecule has 11 heteroatoms. The summed E-state index contributed by atoms with van der Waals surface area (Å²) in [6, 6.07) is 9.98. The maximum absolute atomic E-state index is 13.1. The van der Waals surface area contributed by atoms with E-state index in [0.717, 1.165) is 17.8 Å². The highest BCUT2D eigenvalue weighted by atomic mass is 19.4. The largest absolute Gasteiger partial charge is 0.416 e. The molecule has 0 saturated carbocycles. The zero-order valence-corrected chi connectivity index (χ0v) is 17.4. The van der Waals surface area contributed by atoms with Crippen molar-refractivity contribution in [3.05, 3.63) is 65.5 Å². The van der Waals surface area contributed by atoms with Crippen molar-refractivity contribution >= 4 is 17.5 Å². The molecule has 2 amide bonds. The predicted octanol–water partition coefficient (Wildman–Crippen LogP) is 1.53. The highest BCUT2D eigenvalue weighted by Gasteiger charge is 2.34. The topological polar surface area (TPSA) is 93.1 Å². The Bertz CT molecular complexity index is 959. The van der Waals surface area contributed by atoms with Gasteiger partial charge in [0.2, 0.25) is 0 Å². The molecule has 1 aliphatic heterocycles. The maximum Gasteiger partial charge on any atom is 0.416 e. The molecule has 178 valence electrons. The molecular weight excluding hydrogens is 446 g/mol. The molecule has 7 nitrogen and oxygen atoms in total. The van der Waals surface area contributed by atoms with Gasteiger partial charge in [-0.2, -0.15) is 13.2 Å². The van der Waals surface area contributed by atoms with Crippen molar-refractivity contribution in [1.82, 2.24) is 10.2 Å². The second kappa shape index (κ2) is 10.2. The van der Waals surface area contributed by atoms with E-state index in [9.17, 15) is 37.4 Å². The molecule has 1 fully saturated rings. The Morgan fingerprint density at radius 2 is 1.48 bits per heavy atom. The summed E-state index contributed by atoms with van der Waals surface area (Å²) in [6.45, 7) is 1.10. The van der Waals surface area contributed by atoms with Crippen LogP contribution in [-0.4, -0.2) is 65.3 Å². The normalized spacial score (nSPS) is 16.3. The number of rotatable bonds is 6. The van der Waals surface area contributed by atoms with Crippen LogP contribution in [0.2, 0.25) is 0 Å². The molecule has 3 rings (SSSR count). The van der Waals surface area contributed by atoms with Crippen molar-refractivity contribution < 1.29 is 37.4 Å². The quantitative estimate of drug-likeness (QED) is 0.559. The fraction of sp³-hybridized carbons (Fsp3) is 0.364. The standard InChI is InChI=1S/C22H23F4N3O4/c23-16-5-7-17(8-6-16)28-9-11-29(12-10-28)21(33)19(31)18(30)20(32)27-13-14-1-3-15(4-2-14)22(24,25)26/h1-8,18-19,30-31H,9-13H2,(H,27,32). The first-order valence-electron chi connectivity index (χ1n) is 10.2. The Labute approximate surface area is 187 Å².